The summed E-state index contributed by atoms with van der Waals surface area (Å²) in [7, 11) is 0. The van der Waals surface area contributed by atoms with Crippen molar-refractivity contribution in [3.05, 3.63) is 12.2 Å². The second-order valence-corrected chi connectivity index (χ2v) is 13.4. The predicted molar refractivity (Wildman–Crippen MR) is 187 cm³/mol. The first-order valence-corrected chi connectivity index (χ1v) is 18.9. The number of aliphatic carboxylic acids is 3. The number of quaternary nitrogens is 1. The van der Waals surface area contributed by atoms with Crippen molar-refractivity contribution in [2.24, 2.45) is 0 Å². The van der Waals surface area contributed by atoms with Crippen molar-refractivity contribution in [2.75, 3.05) is 6.54 Å². The molecule has 0 aromatic rings. The maximum absolute atomic E-state index is 12.6. The van der Waals surface area contributed by atoms with Gasteiger partial charge in [0.2, 0.25) is 0 Å². The number of hydrogen-bond donors (Lipinski definition) is 3. The van der Waals surface area contributed by atoms with Crippen LogP contribution >= 0.6 is 0 Å². The summed E-state index contributed by atoms with van der Waals surface area (Å²) in [6.07, 6.45) is 30.3. The fraction of sp³-hybridized carbons (Fsp3) is 0.868. The van der Waals surface area contributed by atoms with E-state index in [1.807, 2.05) is 20.8 Å². The minimum absolute atomic E-state index is 0.270. The lowest BCUT2D eigenvalue weighted by atomic mass is 9.91. The largest absolute Gasteiger partial charge is 0.477 e. The molecule has 0 spiro atoms. The summed E-state index contributed by atoms with van der Waals surface area (Å²) in [4.78, 5) is 37.8. The molecule has 0 aromatic carbocycles. The third kappa shape index (κ3) is 18.1. The molecular formula is C38H72NO6+. The quantitative estimate of drug-likeness (QED) is 0.0374. The smallest absolute Gasteiger partial charge is 0.362 e. The molecule has 0 heterocycles. The van der Waals surface area contributed by atoms with Gasteiger partial charge in [0.25, 0.3) is 0 Å². The molecule has 0 aliphatic rings. The Balaban J connectivity index is 4.67. The van der Waals surface area contributed by atoms with Gasteiger partial charge >= 0.3 is 17.9 Å². The normalized spacial score (nSPS) is 15.1. The summed E-state index contributed by atoms with van der Waals surface area (Å²) < 4.78 is -0.371. The molecule has 7 nitrogen and oxygen atoms in total. The highest BCUT2D eigenvalue weighted by Crippen LogP contribution is 2.34. The lowest BCUT2D eigenvalue weighted by Gasteiger charge is -2.50. The molecule has 0 fully saturated rings. The average molecular weight is 639 g/mol. The van der Waals surface area contributed by atoms with E-state index >= 15 is 0 Å². The SMILES string of the molecule is CCCCCCCCC/C=C/CCCCCCCCCCCC[N+](C(CCC)C(=O)O)(C(CCC)C(=O)O)C(CCC)C(=O)O. The fourth-order valence-electron chi connectivity index (χ4n) is 7.16. The van der Waals surface area contributed by atoms with Crippen LogP contribution in [-0.4, -0.2) is 62.4 Å². The first-order valence-electron chi connectivity index (χ1n) is 18.9. The van der Waals surface area contributed by atoms with Gasteiger partial charge in [0.1, 0.15) is 0 Å². The molecule has 0 aliphatic heterocycles. The van der Waals surface area contributed by atoms with Crippen LogP contribution in [0.4, 0.5) is 0 Å². The van der Waals surface area contributed by atoms with Crippen LogP contribution in [0.1, 0.15) is 188 Å². The molecule has 3 atom stereocenters. The van der Waals surface area contributed by atoms with E-state index in [9.17, 15) is 29.7 Å². The predicted octanol–water partition coefficient (Wildman–Crippen LogP) is 10.6. The Kier molecular flexibility index (Phi) is 27.2. The van der Waals surface area contributed by atoms with Crippen molar-refractivity contribution in [2.45, 2.75) is 206 Å². The number of carbonyl (C=O) groups is 3. The van der Waals surface area contributed by atoms with Gasteiger partial charge in [-0.15, -0.1) is 0 Å². The van der Waals surface area contributed by atoms with Gasteiger partial charge in [-0.3, -0.25) is 4.48 Å². The Bertz CT molecular complexity index is 722. The van der Waals surface area contributed by atoms with E-state index in [1.54, 1.807) is 0 Å². The third-order valence-electron chi connectivity index (χ3n) is 9.59. The number of carboxylic acids is 3. The number of nitrogens with zero attached hydrogens (tertiary/aromatic N) is 1. The number of unbranched alkanes of at least 4 members (excludes halogenated alkanes) is 17. The molecule has 3 N–H and O–H groups in total. The first-order chi connectivity index (χ1) is 21.7. The van der Waals surface area contributed by atoms with E-state index in [-0.39, 0.29) is 30.3 Å². The van der Waals surface area contributed by atoms with Crippen molar-refractivity contribution in [3.63, 3.8) is 0 Å². The summed E-state index contributed by atoms with van der Waals surface area (Å²) in [5, 5.41) is 30.9. The molecule has 0 bridgehead atoms. The molecule has 0 aromatic heterocycles. The van der Waals surface area contributed by atoms with Gasteiger partial charge in [-0.1, -0.05) is 123 Å². The molecule has 3 unspecified atom stereocenters. The zero-order valence-electron chi connectivity index (χ0n) is 29.8. The Morgan fingerprint density at radius 1 is 0.444 bits per heavy atom. The van der Waals surface area contributed by atoms with Gasteiger partial charge in [-0.25, -0.2) is 14.4 Å². The van der Waals surface area contributed by atoms with Crippen molar-refractivity contribution in [1.29, 1.82) is 0 Å². The van der Waals surface area contributed by atoms with Crippen molar-refractivity contribution < 1.29 is 34.2 Å². The minimum atomic E-state index is -1.08. The van der Waals surface area contributed by atoms with Crippen LogP contribution < -0.4 is 0 Å². The number of rotatable bonds is 33. The summed E-state index contributed by atoms with van der Waals surface area (Å²) in [6.45, 7) is 8.18. The van der Waals surface area contributed by atoms with Crippen LogP contribution in [0.15, 0.2) is 12.2 Å². The second-order valence-electron chi connectivity index (χ2n) is 13.4. The van der Waals surface area contributed by atoms with Crippen molar-refractivity contribution in [3.8, 4) is 0 Å². The summed E-state index contributed by atoms with van der Waals surface area (Å²) in [6, 6.07) is -3.14. The average Bonchev–Trinajstić information content (AvgIpc) is 3.00. The maximum atomic E-state index is 12.6. The first kappa shape index (κ1) is 43.1. The Morgan fingerprint density at radius 2 is 0.733 bits per heavy atom. The molecule has 0 aliphatic carbocycles. The van der Waals surface area contributed by atoms with Gasteiger partial charge in [-0.05, 0) is 57.8 Å². The van der Waals surface area contributed by atoms with E-state index in [0.29, 0.717) is 25.7 Å². The van der Waals surface area contributed by atoms with Gasteiger partial charge < -0.3 is 15.3 Å². The topological polar surface area (TPSA) is 112 Å². The Labute approximate surface area is 276 Å². The van der Waals surface area contributed by atoms with E-state index in [0.717, 1.165) is 19.3 Å². The van der Waals surface area contributed by atoms with E-state index in [1.165, 1.54) is 96.3 Å². The van der Waals surface area contributed by atoms with Gasteiger partial charge in [0.15, 0.2) is 18.1 Å². The molecule has 264 valence electrons. The zero-order valence-corrected chi connectivity index (χ0v) is 29.8. The molecule has 0 radical (unpaired) electrons. The van der Waals surface area contributed by atoms with Crippen molar-refractivity contribution >= 4 is 17.9 Å². The molecule has 0 amide bonds. The number of hydrogen-bond acceptors (Lipinski definition) is 3. The monoisotopic (exact) mass is 639 g/mol. The maximum Gasteiger partial charge on any atom is 0.362 e. The van der Waals surface area contributed by atoms with Gasteiger partial charge in [0.05, 0.1) is 6.54 Å². The second kappa shape index (κ2) is 28.3. The summed E-state index contributed by atoms with van der Waals surface area (Å²) in [5.41, 5.74) is 0. The third-order valence-corrected chi connectivity index (χ3v) is 9.59. The molecule has 0 saturated heterocycles. The molecule has 45 heavy (non-hydrogen) atoms. The number of allylic oxidation sites excluding steroid dienone is 2. The molecular weight excluding hydrogens is 566 g/mol. The summed E-state index contributed by atoms with van der Waals surface area (Å²) >= 11 is 0. The van der Waals surface area contributed by atoms with E-state index < -0.39 is 36.0 Å². The summed E-state index contributed by atoms with van der Waals surface area (Å²) in [5.74, 6) is -3.25. The Hall–Kier alpha value is -1.89. The lowest BCUT2D eigenvalue weighted by Crippen LogP contribution is -2.72. The van der Waals surface area contributed by atoms with Crippen LogP contribution in [-0.2, 0) is 14.4 Å². The van der Waals surface area contributed by atoms with Crippen molar-refractivity contribution in [1.82, 2.24) is 0 Å². The standard InChI is InChI=1S/C38H71NO6/c1-5-9-10-11-12-13-14-15-16-17-18-19-20-21-22-23-24-25-26-27-28-32-39(33(29-6-2)36(40)41,34(30-7-3)37(42)43)35(31-8-4)38(44)45/h16-17,33-35H,5-15,18-32H2,1-4H3,(H2-,40,41,42,43,44,45)/p+1/b17-16+. The highest BCUT2D eigenvalue weighted by atomic mass is 16.4. The highest BCUT2D eigenvalue weighted by Gasteiger charge is 2.56. The molecule has 7 heteroatoms. The van der Waals surface area contributed by atoms with Crippen LogP contribution in [0.3, 0.4) is 0 Å². The fourth-order valence-corrected chi connectivity index (χ4v) is 7.16. The van der Waals surface area contributed by atoms with Crippen LogP contribution in [0.25, 0.3) is 0 Å². The van der Waals surface area contributed by atoms with Gasteiger partial charge in [0, 0.05) is 19.3 Å². The Morgan fingerprint density at radius 3 is 1.02 bits per heavy atom. The van der Waals surface area contributed by atoms with E-state index in [4.69, 9.17) is 0 Å². The molecule has 0 rings (SSSR count). The van der Waals surface area contributed by atoms with E-state index in [2.05, 4.69) is 19.1 Å². The van der Waals surface area contributed by atoms with Gasteiger partial charge in [-0.2, -0.15) is 0 Å². The lowest BCUT2D eigenvalue weighted by molar-refractivity contribution is -0.973. The number of carboxylic acid groups (broad SMARTS) is 3. The minimum Gasteiger partial charge on any atom is -0.477 e. The zero-order chi connectivity index (χ0) is 33.8. The van der Waals surface area contributed by atoms with Crippen LogP contribution in [0.5, 0.6) is 0 Å². The highest BCUT2D eigenvalue weighted by molar-refractivity contribution is 5.78. The molecule has 0 saturated carbocycles. The van der Waals surface area contributed by atoms with Crippen LogP contribution in [0.2, 0.25) is 0 Å². The van der Waals surface area contributed by atoms with Crippen LogP contribution in [0, 0.1) is 0 Å².